The van der Waals surface area contributed by atoms with Crippen molar-refractivity contribution in [2.24, 2.45) is 0 Å². The first-order valence-electron chi connectivity index (χ1n) is 5.77. The SMILES string of the molecule is Cc1cn(C(C)C)c2c(C)cc(C(=O)O)cc12. The molecule has 0 amide bonds. The topological polar surface area (TPSA) is 42.2 Å². The van der Waals surface area contributed by atoms with Crippen molar-refractivity contribution in [1.82, 2.24) is 4.57 Å². The Bertz CT molecular complexity index is 594. The molecular formula is C14H17NO2. The largest absolute Gasteiger partial charge is 0.478 e. The van der Waals surface area contributed by atoms with Crippen molar-refractivity contribution >= 4 is 16.9 Å². The maximum atomic E-state index is 11.0. The minimum absolute atomic E-state index is 0.361. The Labute approximate surface area is 101 Å². The second kappa shape index (κ2) is 3.91. The van der Waals surface area contributed by atoms with Crippen LogP contribution < -0.4 is 0 Å². The predicted molar refractivity (Wildman–Crippen MR) is 68.8 cm³/mol. The molecule has 1 heterocycles. The fourth-order valence-corrected chi connectivity index (χ4v) is 2.30. The van der Waals surface area contributed by atoms with Crippen LogP contribution in [-0.4, -0.2) is 15.6 Å². The van der Waals surface area contributed by atoms with E-state index in [2.05, 4.69) is 24.6 Å². The molecule has 0 saturated carbocycles. The summed E-state index contributed by atoms with van der Waals surface area (Å²) in [6.07, 6.45) is 2.09. The Morgan fingerprint density at radius 2 is 1.88 bits per heavy atom. The molecule has 3 heteroatoms. The molecule has 0 radical (unpaired) electrons. The van der Waals surface area contributed by atoms with Gasteiger partial charge in [0.1, 0.15) is 0 Å². The van der Waals surface area contributed by atoms with Gasteiger partial charge in [0.15, 0.2) is 0 Å². The molecule has 0 fully saturated rings. The molecule has 0 aliphatic rings. The van der Waals surface area contributed by atoms with Gasteiger partial charge in [-0.25, -0.2) is 4.79 Å². The van der Waals surface area contributed by atoms with Gasteiger partial charge in [0.25, 0.3) is 0 Å². The fraction of sp³-hybridized carbons (Fsp3) is 0.357. The number of nitrogens with zero attached hydrogens (tertiary/aromatic N) is 1. The molecule has 2 aromatic rings. The van der Waals surface area contributed by atoms with Crippen molar-refractivity contribution in [2.45, 2.75) is 33.7 Å². The molecule has 0 atom stereocenters. The van der Waals surface area contributed by atoms with Crippen LogP contribution in [0.5, 0.6) is 0 Å². The summed E-state index contributed by atoms with van der Waals surface area (Å²) < 4.78 is 2.20. The standard InChI is InChI=1S/C14H17NO2/c1-8(2)15-7-10(4)12-6-11(14(16)17)5-9(3)13(12)15/h5-8H,1-4H3,(H,16,17). The second-order valence-corrected chi connectivity index (χ2v) is 4.81. The lowest BCUT2D eigenvalue weighted by atomic mass is 10.1. The number of carboxylic acid groups (broad SMARTS) is 1. The molecule has 3 nitrogen and oxygen atoms in total. The van der Waals surface area contributed by atoms with E-state index < -0.39 is 5.97 Å². The normalized spacial score (nSPS) is 11.4. The van der Waals surface area contributed by atoms with Crippen LogP contribution in [-0.2, 0) is 0 Å². The first-order chi connectivity index (χ1) is 7.91. The van der Waals surface area contributed by atoms with Gasteiger partial charge in [0.2, 0.25) is 0 Å². The summed E-state index contributed by atoms with van der Waals surface area (Å²) in [6, 6.07) is 3.88. The van der Waals surface area contributed by atoms with Gasteiger partial charge >= 0.3 is 5.97 Å². The number of benzene rings is 1. The van der Waals surface area contributed by atoms with Gasteiger partial charge < -0.3 is 9.67 Å². The molecule has 1 N–H and O–H groups in total. The van der Waals surface area contributed by atoms with Crippen molar-refractivity contribution in [2.75, 3.05) is 0 Å². The number of aromatic nitrogens is 1. The molecule has 17 heavy (non-hydrogen) atoms. The van der Waals surface area contributed by atoms with Crippen LogP contribution in [0.3, 0.4) is 0 Å². The van der Waals surface area contributed by atoms with Gasteiger partial charge in [0.05, 0.1) is 11.1 Å². The maximum Gasteiger partial charge on any atom is 0.335 e. The Kier molecular flexibility index (Phi) is 2.69. The Morgan fingerprint density at radius 3 is 2.41 bits per heavy atom. The highest BCUT2D eigenvalue weighted by molar-refractivity contribution is 5.96. The Morgan fingerprint density at radius 1 is 1.24 bits per heavy atom. The number of carboxylic acids is 1. The van der Waals surface area contributed by atoms with E-state index in [-0.39, 0.29) is 0 Å². The zero-order valence-corrected chi connectivity index (χ0v) is 10.6. The number of aryl methyl sites for hydroxylation is 2. The molecule has 2 rings (SSSR count). The number of hydrogen-bond donors (Lipinski definition) is 1. The number of hydrogen-bond acceptors (Lipinski definition) is 1. The highest BCUT2D eigenvalue weighted by Crippen LogP contribution is 2.28. The van der Waals surface area contributed by atoms with E-state index in [1.165, 1.54) is 0 Å². The van der Waals surface area contributed by atoms with E-state index in [9.17, 15) is 4.79 Å². The highest BCUT2D eigenvalue weighted by Gasteiger charge is 2.13. The van der Waals surface area contributed by atoms with Gasteiger partial charge in [-0.15, -0.1) is 0 Å². The molecule has 0 aliphatic carbocycles. The molecule has 0 unspecified atom stereocenters. The summed E-state index contributed by atoms with van der Waals surface area (Å²) in [4.78, 5) is 11.0. The van der Waals surface area contributed by atoms with Gasteiger partial charge in [-0.1, -0.05) is 0 Å². The highest BCUT2D eigenvalue weighted by atomic mass is 16.4. The van der Waals surface area contributed by atoms with Crippen molar-refractivity contribution in [3.05, 3.63) is 35.0 Å². The summed E-state index contributed by atoms with van der Waals surface area (Å²) in [5, 5.41) is 10.1. The zero-order chi connectivity index (χ0) is 12.7. The monoisotopic (exact) mass is 231 g/mol. The van der Waals surface area contributed by atoms with E-state index >= 15 is 0 Å². The van der Waals surface area contributed by atoms with Gasteiger partial charge in [-0.3, -0.25) is 0 Å². The van der Waals surface area contributed by atoms with Crippen LogP contribution in [0.15, 0.2) is 18.3 Å². The van der Waals surface area contributed by atoms with Crippen LogP contribution >= 0.6 is 0 Å². The number of rotatable bonds is 2. The Balaban J connectivity index is 2.83. The first-order valence-corrected chi connectivity index (χ1v) is 5.77. The predicted octanol–water partition coefficient (Wildman–Crippen LogP) is 3.54. The quantitative estimate of drug-likeness (QED) is 0.859. The number of aromatic carboxylic acids is 1. The van der Waals surface area contributed by atoms with Crippen LogP contribution in [0, 0.1) is 13.8 Å². The Hall–Kier alpha value is -1.77. The smallest absolute Gasteiger partial charge is 0.335 e. The first kappa shape index (κ1) is 11.7. The van der Waals surface area contributed by atoms with Gasteiger partial charge in [0, 0.05) is 17.6 Å². The summed E-state index contributed by atoms with van der Waals surface area (Å²) in [7, 11) is 0. The van der Waals surface area contributed by atoms with Crippen molar-refractivity contribution < 1.29 is 9.90 Å². The summed E-state index contributed by atoms with van der Waals surface area (Å²) in [6.45, 7) is 8.24. The molecule has 0 bridgehead atoms. The molecule has 90 valence electrons. The summed E-state index contributed by atoms with van der Waals surface area (Å²) >= 11 is 0. The van der Waals surface area contributed by atoms with Crippen molar-refractivity contribution in [1.29, 1.82) is 0 Å². The average molecular weight is 231 g/mol. The van der Waals surface area contributed by atoms with E-state index in [1.807, 2.05) is 13.8 Å². The van der Waals surface area contributed by atoms with Crippen LogP contribution in [0.2, 0.25) is 0 Å². The third kappa shape index (κ3) is 1.82. The fourth-order valence-electron chi connectivity index (χ4n) is 2.30. The number of carbonyl (C=O) groups is 1. The van der Waals surface area contributed by atoms with E-state index in [4.69, 9.17) is 5.11 Å². The minimum atomic E-state index is -0.869. The lowest BCUT2D eigenvalue weighted by molar-refractivity contribution is 0.0697. The lowest BCUT2D eigenvalue weighted by Gasteiger charge is -2.11. The summed E-state index contributed by atoms with van der Waals surface area (Å²) in [5.41, 5.74) is 3.64. The van der Waals surface area contributed by atoms with E-state index in [0.717, 1.165) is 22.0 Å². The van der Waals surface area contributed by atoms with Crippen molar-refractivity contribution in [3.8, 4) is 0 Å². The maximum absolute atomic E-state index is 11.0. The van der Waals surface area contributed by atoms with E-state index in [0.29, 0.717) is 11.6 Å². The summed E-state index contributed by atoms with van der Waals surface area (Å²) in [5.74, 6) is -0.869. The average Bonchev–Trinajstić information content (AvgIpc) is 2.57. The third-order valence-corrected chi connectivity index (χ3v) is 3.12. The minimum Gasteiger partial charge on any atom is -0.478 e. The van der Waals surface area contributed by atoms with Crippen LogP contribution in [0.4, 0.5) is 0 Å². The van der Waals surface area contributed by atoms with Gasteiger partial charge in [-0.05, 0) is 51.0 Å². The molecule has 0 saturated heterocycles. The van der Waals surface area contributed by atoms with Crippen LogP contribution in [0.1, 0.15) is 41.4 Å². The van der Waals surface area contributed by atoms with E-state index in [1.54, 1.807) is 12.1 Å². The van der Waals surface area contributed by atoms with Gasteiger partial charge in [-0.2, -0.15) is 0 Å². The zero-order valence-electron chi connectivity index (χ0n) is 10.6. The molecule has 1 aromatic carbocycles. The van der Waals surface area contributed by atoms with Crippen LogP contribution in [0.25, 0.3) is 10.9 Å². The molecule has 0 spiro atoms. The third-order valence-electron chi connectivity index (χ3n) is 3.12. The molecule has 0 aliphatic heterocycles. The molecule has 1 aromatic heterocycles. The number of fused-ring (bicyclic) bond motifs is 1. The second-order valence-electron chi connectivity index (χ2n) is 4.81. The molecular weight excluding hydrogens is 214 g/mol. The van der Waals surface area contributed by atoms with Crippen molar-refractivity contribution in [3.63, 3.8) is 0 Å². The lowest BCUT2D eigenvalue weighted by Crippen LogP contribution is -2.01.